The number of halogens is 1. The molecule has 2 N–H and O–H groups in total. The van der Waals surface area contributed by atoms with Gasteiger partial charge in [0.1, 0.15) is 5.82 Å². The van der Waals surface area contributed by atoms with Crippen LogP contribution in [0.1, 0.15) is 30.9 Å². The molecule has 0 spiro atoms. The lowest BCUT2D eigenvalue weighted by Gasteiger charge is -2.19. The Balaban J connectivity index is 0.00000218. The second-order valence-electron chi connectivity index (χ2n) is 8.32. The van der Waals surface area contributed by atoms with Crippen LogP contribution in [0.5, 0.6) is 0 Å². The summed E-state index contributed by atoms with van der Waals surface area (Å²) < 4.78 is 2.17. The number of carbonyl (C=O) groups is 2. The summed E-state index contributed by atoms with van der Waals surface area (Å²) in [5, 5.41) is 15.0. The molecule has 0 radical (unpaired) electrons. The lowest BCUT2D eigenvalue weighted by Crippen LogP contribution is -2.43. The molecule has 3 heterocycles. The topological polar surface area (TPSA) is 105 Å². The summed E-state index contributed by atoms with van der Waals surface area (Å²) in [5.41, 5.74) is 0. The summed E-state index contributed by atoms with van der Waals surface area (Å²) in [4.78, 5) is 31.1. The minimum absolute atomic E-state index is 0. The van der Waals surface area contributed by atoms with Gasteiger partial charge in [-0.3, -0.25) is 19.5 Å². The van der Waals surface area contributed by atoms with E-state index in [1.165, 1.54) is 11.3 Å². The second kappa shape index (κ2) is 8.64. The van der Waals surface area contributed by atoms with Gasteiger partial charge in [-0.2, -0.15) is 0 Å². The minimum atomic E-state index is -0.131. The van der Waals surface area contributed by atoms with Gasteiger partial charge in [0.25, 0.3) is 0 Å². The normalized spacial score (nSPS) is 29.1. The van der Waals surface area contributed by atoms with Crippen molar-refractivity contribution in [3.63, 3.8) is 0 Å². The first-order chi connectivity index (χ1) is 14.2. The van der Waals surface area contributed by atoms with Crippen molar-refractivity contribution in [3.8, 4) is 0 Å². The molecule has 162 valence electrons. The van der Waals surface area contributed by atoms with E-state index in [1.807, 2.05) is 0 Å². The average Bonchev–Trinajstić information content (AvgIpc) is 3.50. The van der Waals surface area contributed by atoms with Gasteiger partial charge in [0.05, 0.1) is 18.4 Å². The van der Waals surface area contributed by atoms with Crippen molar-refractivity contribution in [2.24, 2.45) is 28.7 Å². The second-order valence-corrected chi connectivity index (χ2v) is 8.32. The van der Waals surface area contributed by atoms with Gasteiger partial charge in [-0.15, -0.1) is 34.2 Å². The Bertz CT molecular complexity index is 866. The molecule has 2 fully saturated rings. The molecule has 1 saturated carbocycles. The first-order valence-corrected chi connectivity index (χ1v) is 10.6. The van der Waals surface area contributed by atoms with E-state index in [2.05, 4.69) is 42.5 Å². The predicted molar refractivity (Wildman–Crippen MR) is 121 cm³/mol. The van der Waals surface area contributed by atoms with Crippen LogP contribution in [-0.2, 0) is 29.1 Å². The third-order valence-electron chi connectivity index (χ3n) is 6.76. The molecule has 1 aromatic heterocycles. The van der Waals surface area contributed by atoms with Crippen LogP contribution in [0, 0.1) is 23.7 Å². The highest BCUT2D eigenvalue weighted by atomic mass is 127. The summed E-state index contributed by atoms with van der Waals surface area (Å²) in [5.74, 6) is 2.82. The summed E-state index contributed by atoms with van der Waals surface area (Å²) in [6.07, 6.45) is 8.50. The number of carbonyl (C=O) groups excluding carboxylic acids is 2. The largest absolute Gasteiger partial charge is 0.355 e. The molecular weight excluding hydrogens is 497 g/mol. The van der Waals surface area contributed by atoms with E-state index in [4.69, 9.17) is 0 Å². The van der Waals surface area contributed by atoms with Gasteiger partial charge < -0.3 is 15.2 Å². The molecule has 4 unspecified atom stereocenters. The molecule has 2 bridgehead atoms. The molecule has 10 heteroatoms. The number of rotatable bonds is 5. The molecule has 30 heavy (non-hydrogen) atoms. The van der Waals surface area contributed by atoms with Gasteiger partial charge in [-0.1, -0.05) is 12.2 Å². The Morgan fingerprint density at radius 2 is 1.87 bits per heavy atom. The monoisotopic (exact) mass is 525 g/mol. The third-order valence-corrected chi connectivity index (χ3v) is 6.76. The van der Waals surface area contributed by atoms with Crippen LogP contribution in [0.4, 0.5) is 0 Å². The van der Waals surface area contributed by atoms with Crippen LogP contribution < -0.4 is 10.6 Å². The summed E-state index contributed by atoms with van der Waals surface area (Å²) in [6.45, 7) is 2.33. The van der Waals surface area contributed by atoms with Gasteiger partial charge >= 0.3 is 0 Å². The van der Waals surface area contributed by atoms with Crippen molar-refractivity contribution in [3.05, 3.63) is 23.8 Å². The number of guanidine groups is 1. The molecule has 2 aliphatic heterocycles. The SMILES string of the molecule is CN=C(NCCN1C(=O)C2C3C=CC(C3)C2C1=O)NCc1nnc2n1CCCC2.I. The highest BCUT2D eigenvalue weighted by Gasteiger charge is 2.58. The standard InChI is InChI=1S/C20H27N7O2.HI/c1-21-20(23-11-15-25-24-14-4-2-3-8-26(14)15)22-7-9-27-18(28)16-12-5-6-13(10-12)17(16)19(27)29;/h5-6,12-13,16-17H,2-4,7-11H2,1H3,(H2,21,22,23);1H. The number of allylic oxidation sites excluding steroid dienone is 2. The van der Waals surface area contributed by atoms with E-state index < -0.39 is 0 Å². The van der Waals surface area contributed by atoms with Crippen molar-refractivity contribution < 1.29 is 9.59 Å². The Labute approximate surface area is 192 Å². The fourth-order valence-corrected chi connectivity index (χ4v) is 5.35. The average molecular weight is 525 g/mol. The Kier molecular flexibility index (Phi) is 6.12. The molecule has 4 atom stereocenters. The molecular formula is C20H28IN7O2. The molecule has 2 aliphatic carbocycles. The number of hydrogen-bond donors (Lipinski definition) is 2. The molecule has 1 aromatic rings. The zero-order valence-electron chi connectivity index (χ0n) is 17.1. The van der Waals surface area contributed by atoms with Crippen molar-refractivity contribution in [2.75, 3.05) is 20.1 Å². The number of aliphatic imine (C=N–C) groups is 1. The van der Waals surface area contributed by atoms with Crippen LogP contribution in [0.3, 0.4) is 0 Å². The summed E-state index contributed by atoms with van der Waals surface area (Å²) in [7, 11) is 1.70. The number of hydrogen-bond acceptors (Lipinski definition) is 5. The van der Waals surface area contributed by atoms with Gasteiger partial charge in [-0.25, -0.2) is 0 Å². The van der Waals surface area contributed by atoms with Gasteiger partial charge in [0.15, 0.2) is 11.8 Å². The Morgan fingerprint density at radius 3 is 2.57 bits per heavy atom. The van der Waals surface area contributed by atoms with Crippen molar-refractivity contribution in [1.29, 1.82) is 0 Å². The molecule has 5 rings (SSSR count). The van der Waals surface area contributed by atoms with E-state index in [0.29, 0.717) is 25.6 Å². The lowest BCUT2D eigenvalue weighted by molar-refractivity contribution is -0.140. The van der Waals surface area contributed by atoms with E-state index in [9.17, 15) is 9.59 Å². The third kappa shape index (κ3) is 3.52. The summed E-state index contributed by atoms with van der Waals surface area (Å²) >= 11 is 0. The zero-order valence-corrected chi connectivity index (χ0v) is 19.4. The molecule has 4 aliphatic rings. The zero-order chi connectivity index (χ0) is 20.0. The van der Waals surface area contributed by atoms with Crippen molar-refractivity contribution >= 4 is 41.8 Å². The maximum atomic E-state index is 12.7. The van der Waals surface area contributed by atoms with Gasteiger partial charge in [0.2, 0.25) is 11.8 Å². The Hall–Kier alpha value is -1.98. The fraction of sp³-hybridized carbons (Fsp3) is 0.650. The van der Waals surface area contributed by atoms with Crippen LogP contribution in [0.2, 0.25) is 0 Å². The van der Waals surface area contributed by atoms with Crippen molar-refractivity contribution in [2.45, 2.75) is 38.8 Å². The highest BCUT2D eigenvalue weighted by molar-refractivity contribution is 14.0. The quantitative estimate of drug-likeness (QED) is 0.193. The first kappa shape index (κ1) is 21.3. The van der Waals surface area contributed by atoms with Gasteiger partial charge in [-0.05, 0) is 31.1 Å². The molecule has 9 nitrogen and oxygen atoms in total. The first-order valence-electron chi connectivity index (χ1n) is 10.6. The van der Waals surface area contributed by atoms with E-state index in [0.717, 1.165) is 37.5 Å². The minimum Gasteiger partial charge on any atom is -0.355 e. The van der Waals surface area contributed by atoms with Crippen LogP contribution in [-0.4, -0.2) is 57.6 Å². The number of nitrogens with zero attached hydrogens (tertiary/aromatic N) is 5. The summed E-state index contributed by atoms with van der Waals surface area (Å²) in [6, 6.07) is 0. The molecule has 1 saturated heterocycles. The van der Waals surface area contributed by atoms with Crippen LogP contribution in [0.25, 0.3) is 0 Å². The fourth-order valence-electron chi connectivity index (χ4n) is 5.35. The number of aryl methyl sites for hydroxylation is 1. The smallest absolute Gasteiger partial charge is 0.233 e. The van der Waals surface area contributed by atoms with Gasteiger partial charge in [0, 0.05) is 33.1 Å². The predicted octanol–water partition coefficient (Wildman–Crippen LogP) is 0.704. The molecule has 2 amide bonds. The van der Waals surface area contributed by atoms with E-state index >= 15 is 0 Å². The highest BCUT2D eigenvalue weighted by Crippen LogP contribution is 2.52. The maximum absolute atomic E-state index is 12.7. The molecule has 0 aromatic carbocycles. The lowest BCUT2D eigenvalue weighted by atomic mass is 9.85. The van der Waals surface area contributed by atoms with Crippen molar-refractivity contribution in [1.82, 2.24) is 30.3 Å². The number of likely N-dealkylation sites (tertiary alicyclic amines) is 1. The van der Waals surface area contributed by atoms with E-state index in [-0.39, 0.29) is 59.5 Å². The van der Waals surface area contributed by atoms with Crippen LogP contribution >= 0.6 is 24.0 Å². The van der Waals surface area contributed by atoms with E-state index in [1.54, 1.807) is 7.05 Å². The number of fused-ring (bicyclic) bond motifs is 6. The Morgan fingerprint density at radius 1 is 1.13 bits per heavy atom. The number of imide groups is 1. The number of nitrogens with one attached hydrogen (secondary N) is 2. The number of aromatic nitrogens is 3. The van der Waals surface area contributed by atoms with Crippen LogP contribution in [0.15, 0.2) is 17.1 Å². The number of amides is 2. The maximum Gasteiger partial charge on any atom is 0.233 e.